The summed E-state index contributed by atoms with van der Waals surface area (Å²) in [4.78, 5) is 10.0. The molecule has 0 spiro atoms. The van der Waals surface area contributed by atoms with Gasteiger partial charge in [0.1, 0.15) is 5.70 Å². The maximum absolute atomic E-state index is 10.0. The second-order valence-corrected chi connectivity index (χ2v) is 2.40. The van der Waals surface area contributed by atoms with Gasteiger partial charge >= 0.3 is 0 Å². The van der Waals surface area contributed by atoms with E-state index in [1.165, 1.54) is 0 Å². The first-order valence-electron chi connectivity index (χ1n) is 3.33. The van der Waals surface area contributed by atoms with Crippen LogP contribution in [0.25, 0.3) is 5.70 Å². The average molecular weight is 147 g/mol. The zero-order valence-electron chi connectivity index (χ0n) is 6.37. The van der Waals surface area contributed by atoms with Gasteiger partial charge < -0.3 is 0 Å². The van der Waals surface area contributed by atoms with E-state index in [0.29, 0.717) is 0 Å². The summed E-state index contributed by atoms with van der Waals surface area (Å²) < 4.78 is 0. The molecule has 2 nitrogen and oxygen atoms in total. The number of nitrogens with zero attached hydrogens (tertiary/aromatic N) is 1. The monoisotopic (exact) mass is 147 g/mol. The first kappa shape index (κ1) is 7.66. The predicted octanol–water partition coefficient (Wildman–Crippen LogP) is 2.73. The van der Waals surface area contributed by atoms with E-state index in [9.17, 15) is 4.91 Å². The van der Waals surface area contributed by atoms with Crippen LogP contribution in [0.3, 0.4) is 0 Å². The Labute approximate surface area is 65.5 Å². The summed E-state index contributed by atoms with van der Waals surface area (Å²) in [6.45, 7) is 5.48. The van der Waals surface area contributed by atoms with Crippen molar-refractivity contribution in [3.63, 3.8) is 0 Å². The minimum atomic E-state index is 0.282. The topological polar surface area (TPSA) is 29.4 Å². The minimum absolute atomic E-state index is 0.282. The van der Waals surface area contributed by atoms with Crippen LogP contribution >= 0.6 is 0 Å². The third-order valence-corrected chi connectivity index (χ3v) is 1.49. The summed E-state index contributed by atoms with van der Waals surface area (Å²) in [5, 5.41) is 2.74. The standard InChI is InChI=1S/C9H9NO/c1-7-3-5-9(6-4-7)8(2)10-11/h3-6H,2H2,1H3. The lowest BCUT2D eigenvalue weighted by Crippen LogP contribution is -1.78. The summed E-state index contributed by atoms with van der Waals surface area (Å²) >= 11 is 0. The molecule has 0 aliphatic rings. The second-order valence-electron chi connectivity index (χ2n) is 2.40. The van der Waals surface area contributed by atoms with Gasteiger partial charge in [-0.05, 0) is 12.1 Å². The number of benzene rings is 1. The Morgan fingerprint density at radius 2 is 1.91 bits per heavy atom. The van der Waals surface area contributed by atoms with Crippen molar-refractivity contribution in [3.8, 4) is 0 Å². The summed E-state index contributed by atoms with van der Waals surface area (Å²) in [6.07, 6.45) is 0. The lowest BCUT2D eigenvalue weighted by molar-refractivity contribution is 1.43. The van der Waals surface area contributed by atoms with E-state index in [1.54, 1.807) is 0 Å². The van der Waals surface area contributed by atoms with Gasteiger partial charge in [0.25, 0.3) is 0 Å². The van der Waals surface area contributed by atoms with Crippen molar-refractivity contribution in [2.75, 3.05) is 0 Å². The van der Waals surface area contributed by atoms with E-state index in [2.05, 4.69) is 11.8 Å². The highest BCUT2D eigenvalue weighted by Gasteiger charge is 1.95. The number of nitroso groups, excluding NO2 is 1. The highest BCUT2D eigenvalue weighted by molar-refractivity contribution is 5.61. The summed E-state index contributed by atoms with van der Waals surface area (Å²) in [7, 11) is 0. The number of aryl methyl sites for hydroxylation is 1. The van der Waals surface area contributed by atoms with Gasteiger partial charge in [-0.2, -0.15) is 0 Å². The van der Waals surface area contributed by atoms with Crippen molar-refractivity contribution in [2.24, 2.45) is 5.18 Å². The summed E-state index contributed by atoms with van der Waals surface area (Å²) in [5.74, 6) is 0. The average Bonchev–Trinajstić information content (AvgIpc) is 2.05. The first-order chi connectivity index (χ1) is 5.24. The Hall–Kier alpha value is -1.44. The molecule has 56 valence electrons. The normalized spacial score (nSPS) is 9.18. The fraction of sp³-hybridized carbons (Fsp3) is 0.111. The minimum Gasteiger partial charge on any atom is -0.145 e. The molecule has 1 aromatic carbocycles. The Kier molecular flexibility index (Phi) is 2.16. The Morgan fingerprint density at radius 3 is 2.36 bits per heavy atom. The van der Waals surface area contributed by atoms with Crippen molar-refractivity contribution in [1.82, 2.24) is 0 Å². The molecule has 0 amide bonds. The van der Waals surface area contributed by atoms with Crippen LogP contribution in [0.4, 0.5) is 0 Å². The van der Waals surface area contributed by atoms with Gasteiger partial charge in [0.05, 0.1) is 0 Å². The molecule has 0 heterocycles. The fourth-order valence-electron chi connectivity index (χ4n) is 0.799. The van der Waals surface area contributed by atoms with Gasteiger partial charge in [-0.15, -0.1) is 4.91 Å². The quantitative estimate of drug-likeness (QED) is 0.591. The predicted molar refractivity (Wildman–Crippen MR) is 46.0 cm³/mol. The largest absolute Gasteiger partial charge is 0.145 e. The van der Waals surface area contributed by atoms with E-state index in [-0.39, 0.29) is 5.70 Å². The van der Waals surface area contributed by atoms with Crippen LogP contribution in [-0.4, -0.2) is 0 Å². The zero-order valence-corrected chi connectivity index (χ0v) is 6.37. The highest BCUT2D eigenvalue weighted by atomic mass is 16.3. The maximum atomic E-state index is 10.0. The van der Waals surface area contributed by atoms with Crippen LogP contribution in [0, 0.1) is 11.8 Å². The molecule has 0 fully saturated rings. The van der Waals surface area contributed by atoms with Crippen LogP contribution in [0.5, 0.6) is 0 Å². The zero-order chi connectivity index (χ0) is 8.27. The van der Waals surface area contributed by atoms with E-state index in [0.717, 1.165) is 11.1 Å². The van der Waals surface area contributed by atoms with E-state index in [1.807, 2.05) is 31.2 Å². The molecule has 1 aromatic rings. The number of rotatable bonds is 2. The molecule has 0 N–H and O–H groups in total. The summed E-state index contributed by atoms with van der Waals surface area (Å²) in [6, 6.07) is 7.51. The molecule has 0 unspecified atom stereocenters. The molecule has 0 saturated heterocycles. The molecule has 0 aliphatic heterocycles. The van der Waals surface area contributed by atoms with Crippen molar-refractivity contribution in [1.29, 1.82) is 0 Å². The Balaban J connectivity index is 2.98. The third kappa shape index (κ3) is 1.74. The maximum Gasteiger partial charge on any atom is 0.108 e. The molecule has 11 heavy (non-hydrogen) atoms. The van der Waals surface area contributed by atoms with Gasteiger partial charge in [0, 0.05) is 5.56 Å². The third-order valence-electron chi connectivity index (χ3n) is 1.49. The molecule has 2 heteroatoms. The number of hydrogen-bond acceptors (Lipinski definition) is 2. The molecule has 0 aliphatic carbocycles. The smallest absolute Gasteiger partial charge is 0.108 e. The van der Waals surface area contributed by atoms with Crippen molar-refractivity contribution >= 4 is 5.70 Å². The van der Waals surface area contributed by atoms with Gasteiger partial charge in [-0.1, -0.05) is 36.4 Å². The first-order valence-corrected chi connectivity index (χ1v) is 3.33. The molecule has 0 aromatic heterocycles. The molecule has 0 saturated carbocycles. The van der Waals surface area contributed by atoms with E-state index in [4.69, 9.17) is 0 Å². The van der Waals surface area contributed by atoms with E-state index >= 15 is 0 Å². The second kappa shape index (κ2) is 3.10. The van der Waals surface area contributed by atoms with Crippen molar-refractivity contribution in [2.45, 2.75) is 6.92 Å². The van der Waals surface area contributed by atoms with Crippen molar-refractivity contribution in [3.05, 3.63) is 46.9 Å². The molecular weight excluding hydrogens is 138 g/mol. The van der Waals surface area contributed by atoms with Crippen LogP contribution in [0.2, 0.25) is 0 Å². The van der Waals surface area contributed by atoms with Crippen LogP contribution in [0.15, 0.2) is 36.0 Å². The molecule has 0 radical (unpaired) electrons. The van der Waals surface area contributed by atoms with Gasteiger partial charge in [0.15, 0.2) is 0 Å². The van der Waals surface area contributed by atoms with Crippen LogP contribution in [0.1, 0.15) is 11.1 Å². The highest BCUT2D eigenvalue weighted by Crippen LogP contribution is 2.13. The van der Waals surface area contributed by atoms with Gasteiger partial charge in [0.2, 0.25) is 0 Å². The van der Waals surface area contributed by atoms with E-state index < -0.39 is 0 Å². The van der Waals surface area contributed by atoms with Crippen LogP contribution in [-0.2, 0) is 0 Å². The Morgan fingerprint density at radius 1 is 1.36 bits per heavy atom. The summed E-state index contributed by atoms with van der Waals surface area (Å²) in [5.41, 5.74) is 2.23. The molecule has 0 atom stereocenters. The van der Waals surface area contributed by atoms with Crippen molar-refractivity contribution < 1.29 is 0 Å². The SMILES string of the molecule is C=C(N=O)c1ccc(C)cc1. The molecule has 1 rings (SSSR count). The van der Waals surface area contributed by atoms with Gasteiger partial charge in [-0.3, -0.25) is 0 Å². The van der Waals surface area contributed by atoms with Crippen LogP contribution < -0.4 is 0 Å². The molecular formula is C9H9NO. The molecule has 0 bridgehead atoms. The number of hydrogen-bond donors (Lipinski definition) is 0. The Bertz CT molecular complexity index is 274. The fourth-order valence-corrected chi connectivity index (χ4v) is 0.799. The van der Waals surface area contributed by atoms with Gasteiger partial charge in [-0.25, -0.2) is 0 Å². The lowest BCUT2D eigenvalue weighted by atomic mass is 10.1. The lowest BCUT2D eigenvalue weighted by Gasteiger charge is -1.95.